The Labute approximate surface area is 309 Å². The minimum atomic E-state index is -0.966. The monoisotopic (exact) mass is 729 g/mol. The summed E-state index contributed by atoms with van der Waals surface area (Å²) in [6.45, 7) is 9.10. The Morgan fingerprint density at radius 3 is 2.77 bits per heavy atom. The van der Waals surface area contributed by atoms with Gasteiger partial charge in [0.1, 0.15) is 24.3 Å². The molecule has 3 atom stereocenters. The molecule has 0 bridgehead atoms. The number of aromatic nitrogens is 2. The van der Waals surface area contributed by atoms with Crippen molar-refractivity contribution < 1.29 is 32.9 Å². The summed E-state index contributed by atoms with van der Waals surface area (Å²) in [6.07, 6.45) is 12.4. The quantitative estimate of drug-likeness (QED) is 0.178. The van der Waals surface area contributed by atoms with Gasteiger partial charge in [0.25, 0.3) is 0 Å². The fourth-order valence-electron chi connectivity index (χ4n) is 8.86. The predicted molar refractivity (Wildman–Crippen MR) is 199 cm³/mol. The van der Waals surface area contributed by atoms with Crippen LogP contribution >= 0.6 is 0 Å². The Morgan fingerprint density at radius 1 is 1.26 bits per heavy atom. The summed E-state index contributed by atoms with van der Waals surface area (Å²) in [5.41, 5.74) is 0.328. The molecule has 3 aliphatic heterocycles. The van der Waals surface area contributed by atoms with Gasteiger partial charge in [-0.15, -0.1) is 6.42 Å². The lowest BCUT2D eigenvalue weighted by Gasteiger charge is -2.39. The predicted octanol–water partition coefficient (Wildman–Crippen LogP) is 6.15. The number of alkyl halides is 1. The first kappa shape index (κ1) is 36.9. The van der Waals surface area contributed by atoms with Gasteiger partial charge < -0.3 is 29.5 Å². The summed E-state index contributed by atoms with van der Waals surface area (Å²) in [6, 6.07) is 6.21. The Bertz CT molecular complexity index is 1910. The number of hydrogen-bond donors (Lipinski definition) is 2. The number of halogens is 2. The number of ether oxygens (including phenoxy) is 3. The second kappa shape index (κ2) is 15.1. The van der Waals surface area contributed by atoms with E-state index in [0.717, 1.165) is 58.3 Å². The fraction of sp³-hybridized carbons (Fsp3) is 0.537. The minimum absolute atomic E-state index is 0.0308. The third-order valence-electron chi connectivity index (χ3n) is 12.0. The number of likely N-dealkylation sites (N-methyl/N-ethyl adjacent to an activating group) is 1. The van der Waals surface area contributed by atoms with Crippen LogP contribution in [-0.2, 0) is 16.0 Å². The molecule has 282 valence electrons. The number of aromatic hydroxyl groups is 1. The van der Waals surface area contributed by atoms with Crippen molar-refractivity contribution in [1.29, 1.82) is 0 Å². The maximum absolute atomic E-state index is 15.0. The van der Waals surface area contributed by atoms with Crippen molar-refractivity contribution in [3.63, 3.8) is 0 Å². The zero-order chi connectivity index (χ0) is 37.3. The molecule has 1 amide bonds. The van der Waals surface area contributed by atoms with E-state index in [1.807, 2.05) is 14.0 Å². The van der Waals surface area contributed by atoms with E-state index in [1.54, 1.807) is 23.1 Å². The zero-order valence-corrected chi connectivity index (χ0v) is 30.6. The highest BCUT2D eigenvalue weighted by Gasteiger charge is 2.44. The van der Waals surface area contributed by atoms with Gasteiger partial charge >= 0.3 is 6.01 Å². The summed E-state index contributed by atoms with van der Waals surface area (Å²) in [5.74, 6) is 2.85. The highest BCUT2D eigenvalue weighted by atomic mass is 19.1. The van der Waals surface area contributed by atoms with Gasteiger partial charge in [-0.1, -0.05) is 31.4 Å². The summed E-state index contributed by atoms with van der Waals surface area (Å²) < 4.78 is 48.4. The maximum atomic E-state index is 15.0. The lowest BCUT2D eigenvalue weighted by atomic mass is 9.87. The van der Waals surface area contributed by atoms with Crippen molar-refractivity contribution in [3.05, 3.63) is 59.6 Å². The first-order valence-corrected chi connectivity index (χ1v) is 18.7. The Balaban J connectivity index is 1.21. The number of phenols is 1. The van der Waals surface area contributed by atoms with E-state index < -0.39 is 23.1 Å². The lowest BCUT2D eigenvalue weighted by molar-refractivity contribution is -0.129. The molecule has 12 heteroatoms. The van der Waals surface area contributed by atoms with E-state index >= 15 is 4.39 Å². The zero-order valence-electron chi connectivity index (χ0n) is 30.6. The highest BCUT2D eigenvalue weighted by Crippen LogP contribution is 2.43. The smallest absolute Gasteiger partial charge is 0.318 e. The molecule has 2 N–H and O–H groups in total. The molecule has 1 aliphatic carbocycles. The van der Waals surface area contributed by atoms with Crippen LogP contribution in [0.5, 0.6) is 17.5 Å². The molecule has 0 radical (unpaired) electrons. The average molecular weight is 730 g/mol. The molecule has 3 aromatic rings. The number of carbonyl (C=O) groups excluding carboxylic acids is 1. The first-order chi connectivity index (χ1) is 25.5. The van der Waals surface area contributed by atoms with Crippen molar-refractivity contribution in [3.8, 4) is 29.9 Å². The molecule has 1 aromatic heterocycles. The molecule has 0 unspecified atom stereocenters. The van der Waals surface area contributed by atoms with Crippen LogP contribution in [0.15, 0.2) is 36.9 Å². The van der Waals surface area contributed by atoms with Gasteiger partial charge in [0.2, 0.25) is 5.91 Å². The largest absolute Gasteiger partial charge is 0.508 e. The van der Waals surface area contributed by atoms with Crippen molar-refractivity contribution in [1.82, 2.24) is 19.8 Å². The average Bonchev–Trinajstić information content (AvgIpc) is 3.76. The summed E-state index contributed by atoms with van der Waals surface area (Å²) in [7, 11) is 1.81. The summed E-state index contributed by atoms with van der Waals surface area (Å²) in [5, 5.41) is 15.4. The van der Waals surface area contributed by atoms with Crippen LogP contribution in [0.25, 0.3) is 10.8 Å². The van der Waals surface area contributed by atoms with Crippen molar-refractivity contribution in [2.45, 2.75) is 81.5 Å². The first-order valence-electron chi connectivity index (χ1n) is 18.7. The van der Waals surface area contributed by atoms with E-state index in [4.69, 9.17) is 30.6 Å². The molecule has 0 spiro atoms. The van der Waals surface area contributed by atoms with Crippen LogP contribution in [0.4, 0.5) is 14.6 Å². The van der Waals surface area contributed by atoms with E-state index in [-0.39, 0.29) is 42.4 Å². The molecular weight excluding hydrogens is 680 g/mol. The molecule has 4 aliphatic rings. The number of nitrogens with zero attached hydrogens (tertiary/aromatic N) is 4. The number of terminal acetylenes is 1. The van der Waals surface area contributed by atoms with Gasteiger partial charge in [-0.25, -0.2) is 8.78 Å². The number of benzene rings is 2. The minimum Gasteiger partial charge on any atom is -0.508 e. The molecule has 53 heavy (non-hydrogen) atoms. The molecule has 4 heterocycles. The number of anilines is 1. The van der Waals surface area contributed by atoms with E-state index in [9.17, 15) is 14.3 Å². The van der Waals surface area contributed by atoms with Crippen molar-refractivity contribution in [2.75, 3.05) is 58.4 Å². The summed E-state index contributed by atoms with van der Waals surface area (Å²) in [4.78, 5) is 26.4. The molecule has 2 aromatic carbocycles. The van der Waals surface area contributed by atoms with Crippen LogP contribution < -0.4 is 14.8 Å². The van der Waals surface area contributed by atoms with Gasteiger partial charge in [-0.05, 0) is 73.7 Å². The van der Waals surface area contributed by atoms with E-state index in [2.05, 4.69) is 22.7 Å². The normalized spacial score (nSPS) is 24.3. The van der Waals surface area contributed by atoms with Crippen LogP contribution in [0, 0.1) is 24.1 Å². The molecule has 3 fully saturated rings. The standard InChI is InChI=1S/C41H49F2N5O5/c1-5-31-33(43)10-9-27-17-30(49)19-32(36(27)31)28-18-34-37(52-23-28)38(44-24-41(13-7-8-14-41)47(4)35(50)6-2)46-39(45-34)53-25-40(3)20-29(42)22-48(40)21-26-11-15-51-16-12-26/h1,6,9-10,17,19,26,28-29,49H,2,7-8,11-16,18,20-25H2,3-4H3,(H,44,45,46)/t28-,29-,40+/m1/s1. The number of rotatable bonds is 11. The fourth-order valence-corrected chi connectivity index (χ4v) is 8.86. The van der Waals surface area contributed by atoms with Crippen LogP contribution in [0.1, 0.15) is 74.6 Å². The van der Waals surface area contributed by atoms with Crippen molar-refractivity contribution in [2.24, 2.45) is 5.92 Å². The molecular formula is C41H49F2N5O5. The Kier molecular flexibility index (Phi) is 10.5. The molecule has 10 nitrogen and oxygen atoms in total. The Hall–Kier alpha value is -4.47. The third-order valence-corrected chi connectivity index (χ3v) is 12.0. The SMILES string of the molecule is C#Cc1c(F)ccc2cc(O)cc([C@H]3COc4c(nc(OC[C@]5(C)C[C@@H](F)CN5CC5CCOCC5)nc4NCC4(N(C)C(=O)C=C)CCCC4)C3)c12. The van der Waals surface area contributed by atoms with Gasteiger partial charge in [-0.3, -0.25) is 9.69 Å². The van der Waals surface area contributed by atoms with Gasteiger partial charge in [0, 0.05) is 64.0 Å². The maximum Gasteiger partial charge on any atom is 0.318 e. The number of phenolic OH excluding ortho intramolecular Hbond substituents is 1. The van der Waals surface area contributed by atoms with Crippen LogP contribution in [0.3, 0.4) is 0 Å². The second-order valence-electron chi connectivity index (χ2n) is 15.5. The number of carbonyl (C=O) groups is 1. The lowest BCUT2D eigenvalue weighted by Crippen LogP contribution is -2.51. The number of nitrogens with one attached hydrogen (secondary N) is 1. The number of amides is 1. The van der Waals surface area contributed by atoms with Gasteiger partial charge in [0.15, 0.2) is 11.6 Å². The second-order valence-corrected chi connectivity index (χ2v) is 15.5. The molecule has 2 saturated heterocycles. The third kappa shape index (κ3) is 7.38. The number of hydrogen-bond acceptors (Lipinski definition) is 9. The highest BCUT2D eigenvalue weighted by molar-refractivity contribution is 5.93. The van der Waals surface area contributed by atoms with Gasteiger partial charge in [0.05, 0.1) is 28.9 Å². The van der Waals surface area contributed by atoms with Crippen LogP contribution in [-0.4, -0.2) is 101 Å². The Morgan fingerprint density at radius 2 is 2.04 bits per heavy atom. The number of likely N-dealkylation sites (tertiary alicyclic amines) is 1. The summed E-state index contributed by atoms with van der Waals surface area (Å²) >= 11 is 0. The molecule has 1 saturated carbocycles. The van der Waals surface area contributed by atoms with Crippen molar-refractivity contribution >= 4 is 22.5 Å². The van der Waals surface area contributed by atoms with E-state index in [0.29, 0.717) is 65.4 Å². The van der Waals surface area contributed by atoms with Crippen LogP contribution in [0.2, 0.25) is 0 Å². The molecule has 7 rings (SSSR count). The van der Waals surface area contributed by atoms with Gasteiger partial charge in [-0.2, -0.15) is 9.97 Å². The van der Waals surface area contributed by atoms with E-state index in [1.165, 1.54) is 12.1 Å². The number of fused-ring (bicyclic) bond motifs is 2. The topological polar surface area (TPSA) is 109 Å².